The Morgan fingerprint density at radius 2 is 1.32 bits per heavy atom. The molecule has 2 heterocycles. The molecule has 8 nitrogen and oxygen atoms in total. The molecular formula is C28H33N3O5S2. The summed E-state index contributed by atoms with van der Waals surface area (Å²) >= 11 is 0. The molecule has 0 aromatic heterocycles. The van der Waals surface area contributed by atoms with Crippen molar-refractivity contribution in [1.29, 1.82) is 0 Å². The lowest BCUT2D eigenvalue weighted by molar-refractivity contribution is -0.126. The molecule has 0 radical (unpaired) electrons. The van der Waals surface area contributed by atoms with E-state index < -0.39 is 20.0 Å². The molecule has 0 unspecified atom stereocenters. The number of piperidine rings is 1. The van der Waals surface area contributed by atoms with Gasteiger partial charge < -0.3 is 5.32 Å². The van der Waals surface area contributed by atoms with Crippen molar-refractivity contribution in [3.05, 3.63) is 72.3 Å². The molecule has 1 N–H and O–H groups in total. The van der Waals surface area contributed by atoms with Crippen molar-refractivity contribution in [1.82, 2.24) is 13.9 Å². The Hall–Kier alpha value is -2.79. The first-order valence-electron chi connectivity index (χ1n) is 13.1. The summed E-state index contributed by atoms with van der Waals surface area (Å²) in [4.78, 5) is 13.3. The van der Waals surface area contributed by atoms with Crippen molar-refractivity contribution in [3.8, 4) is 0 Å². The maximum absolute atomic E-state index is 13.2. The van der Waals surface area contributed by atoms with E-state index in [-0.39, 0.29) is 16.7 Å². The minimum Gasteiger partial charge on any atom is -0.356 e. The number of nitrogens with zero attached hydrogens (tertiary/aromatic N) is 2. The van der Waals surface area contributed by atoms with Gasteiger partial charge in [0.2, 0.25) is 26.0 Å². The van der Waals surface area contributed by atoms with Crippen LogP contribution in [0.5, 0.6) is 0 Å². The van der Waals surface area contributed by atoms with Gasteiger partial charge in [-0.2, -0.15) is 8.61 Å². The van der Waals surface area contributed by atoms with E-state index in [9.17, 15) is 21.6 Å². The van der Waals surface area contributed by atoms with Crippen LogP contribution >= 0.6 is 0 Å². The molecule has 2 fully saturated rings. The zero-order chi connectivity index (χ0) is 26.8. The van der Waals surface area contributed by atoms with Gasteiger partial charge in [0.1, 0.15) is 0 Å². The van der Waals surface area contributed by atoms with Crippen LogP contribution in [0.3, 0.4) is 0 Å². The molecule has 3 aromatic rings. The maximum atomic E-state index is 13.2. The van der Waals surface area contributed by atoms with E-state index in [1.54, 1.807) is 36.4 Å². The minimum absolute atomic E-state index is 0.0685. The summed E-state index contributed by atoms with van der Waals surface area (Å²) in [6, 6.07) is 19.7. The number of benzene rings is 3. The quantitative estimate of drug-likeness (QED) is 0.459. The van der Waals surface area contributed by atoms with Gasteiger partial charge in [-0.3, -0.25) is 4.79 Å². The predicted octanol–water partition coefficient (Wildman–Crippen LogP) is 3.38. The van der Waals surface area contributed by atoms with Crippen LogP contribution in [0, 0.1) is 5.92 Å². The van der Waals surface area contributed by atoms with Gasteiger partial charge in [0, 0.05) is 38.6 Å². The van der Waals surface area contributed by atoms with Crippen LogP contribution in [0.2, 0.25) is 0 Å². The van der Waals surface area contributed by atoms with Crippen LogP contribution in [-0.4, -0.2) is 64.1 Å². The van der Waals surface area contributed by atoms with Crippen molar-refractivity contribution in [3.63, 3.8) is 0 Å². The number of carbonyl (C=O) groups is 1. The van der Waals surface area contributed by atoms with Gasteiger partial charge >= 0.3 is 0 Å². The highest BCUT2D eigenvalue weighted by atomic mass is 32.2. The van der Waals surface area contributed by atoms with E-state index in [1.165, 1.54) is 8.61 Å². The summed E-state index contributed by atoms with van der Waals surface area (Å²) in [7, 11) is -7.05. The van der Waals surface area contributed by atoms with Crippen LogP contribution in [0.1, 0.15) is 31.2 Å². The number of carbonyl (C=O) groups excluding carboxylic acids is 1. The number of hydrogen-bond acceptors (Lipinski definition) is 5. The Labute approximate surface area is 224 Å². The molecule has 2 saturated heterocycles. The standard InChI is InChI=1S/C28H33N3O5S2/c32-28(29-16-13-22-7-10-26(11-8-22)37(33,34)30-17-3-4-18-30)24-14-19-31(20-15-24)38(35,36)27-12-9-23-5-1-2-6-25(23)21-27/h1-2,5-12,21,24H,3-4,13-20H2,(H,29,32). The third kappa shape index (κ3) is 5.63. The predicted molar refractivity (Wildman–Crippen MR) is 147 cm³/mol. The van der Waals surface area contributed by atoms with Crippen LogP contribution < -0.4 is 5.32 Å². The number of nitrogens with one attached hydrogen (secondary N) is 1. The Balaban J connectivity index is 1.10. The highest BCUT2D eigenvalue weighted by molar-refractivity contribution is 7.89. The third-order valence-corrected chi connectivity index (χ3v) is 11.3. The number of sulfonamides is 2. The summed E-state index contributed by atoms with van der Waals surface area (Å²) in [5.74, 6) is -0.299. The summed E-state index contributed by atoms with van der Waals surface area (Å²) in [5, 5.41) is 4.83. The first-order valence-corrected chi connectivity index (χ1v) is 16.0. The molecule has 202 valence electrons. The van der Waals surface area contributed by atoms with E-state index >= 15 is 0 Å². The van der Waals surface area contributed by atoms with Gasteiger partial charge in [-0.1, -0.05) is 42.5 Å². The van der Waals surface area contributed by atoms with Gasteiger partial charge in [-0.05, 0) is 72.7 Å². The SMILES string of the molecule is O=C(NCCc1ccc(S(=O)(=O)N2CCCC2)cc1)C1CCN(S(=O)(=O)c2ccc3ccccc3c2)CC1. The van der Waals surface area contributed by atoms with Gasteiger partial charge in [-0.15, -0.1) is 0 Å². The molecule has 0 aliphatic carbocycles. The second-order valence-electron chi connectivity index (χ2n) is 9.98. The first-order chi connectivity index (χ1) is 18.2. The lowest BCUT2D eigenvalue weighted by Gasteiger charge is -2.30. The summed E-state index contributed by atoms with van der Waals surface area (Å²) in [5.41, 5.74) is 0.946. The van der Waals surface area contributed by atoms with Gasteiger partial charge in [0.15, 0.2) is 0 Å². The van der Waals surface area contributed by atoms with Crippen molar-refractivity contribution in [2.75, 3.05) is 32.7 Å². The van der Waals surface area contributed by atoms with Gasteiger partial charge in [0.05, 0.1) is 9.79 Å². The zero-order valence-electron chi connectivity index (χ0n) is 21.3. The normalized spacial score (nSPS) is 18.1. The Morgan fingerprint density at radius 3 is 2.00 bits per heavy atom. The van der Waals surface area contributed by atoms with Crippen molar-refractivity contribution < 1.29 is 21.6 Å². The fraction of sp³-hybridized carbons (Fsp3) is 0.393. The molecule has 2 aliphatic rings. The third-order valence-electron chi connectivity index (χ3n) is 7.52. The molecule has 10 heteroatoms. The Bertz CT molecular complexity index is 1510. The van der Waals surface area contributed by atoms with Crippen molar-refractivity contribution in [2.45, 2.75) is 41.9 Å². The molecule has 0 spiro atoms. The highest BCUT2D eigenvalue weighted by Crippen LogP contribution is 2.26. The molecule has 3 aromatic carbocycles. The lowest BCUT2D eigenvalue weighted by Crippen LogP contribution is -2.43. The summed E-state index contributed by atoms with van der Waals surface area (Å²) in [6.07, 6.45) is 3.33. The van der Waals surface area contributed by atoms with Crippen LogP contribution in [0.15, 0.2) is 76.5 Å². The molecule has 5 rings (SSSR count). The Kier molecular flexibility index (Phi) is 7.85. The average molecular weight is 556 g/mol. The van der Waals surface area contributed by atoms with Crippen molar-refractivity contribution in [2.24, 2.45) is 5.92 Å². The van der Waals surface area contributed by atoms with Crippen LogP contribution in [-0.2, 0) is 31.3 Å². The monoisotopic (exact) mass is 555 g/mol. The van der Waals surface area contributed by atoms with E-state index in [0.717, 1.165) is 29.2 Å². The van der Waals surface area contributed by atoms with Gasteiger partial charge in [0.25, 0.3) is 0 Å². The van der Waals surface area contributed by atoms with Gasteiger partial charge in [-0.25, -0.2) is 16.8 Å². The van der Waals surface area contributed by atoms with E-state index in [2.05, 4.69) is 5.32 Å². The minimum atomic E-state index is -3.62. The molecule has 0 bridgehead atoms. The first kappa shape index (κ1) is 26.8. The lowest BCUT2D eigenvalue weighted by atomic mass is 9.97. The second kappa shape index (κ2) is 11.1. The topological polar surface area (TPSA) is 104 Å². The fourth-order valence-corrected chi connectivity index (χ4v) is 8.24. The number of amides is 1. The van der Waals surface area contributed by atoms with Crippen LogP contribution in [0.25, 0.3) is 10.8 Å². The molecule has 0 saturated carbocycles. The van der Waals surface area contributed by atoms with E-state index in [1.807, 2.05) is 30.3 Å². The van der Waals surface area contributed by atoms with E-state index in [0.29, 0.717) is 56.9 Å². The summed E-state index contributed by atoms with van der Waals surface area (Å²) in [6.45, 7) is 2.20. The number of rotatable bonds is 8. The summed E-state index contributed by atoms with van der Waals surface area (Å²) < 4.78 is 54.7. The number of hydrogen-bond donors (Lipinski definition) is 1. The molecule has 38 heavy (non-hydrogen) atoms. The molecule has 2 aliphatic heterocycles. The van der Waals surface area contributed by atoms with Crippen LogP contribution in [0.4, 0.5) is 0 Å². The highest BCUT2D eigenvalue weighted by Gasteiger charge is 2.32. The largest absolute Gasteiger partial charge is 0.356 e. The van der Waals surface area contributed by atoms with E-state index in [4.69, 9.17) is 0 Å². The zero-order valence-corrected chi connectivity index (χ0v) is 22.9. The second-order valence-corrected chi connectivity index (χ2v) is 13.9. The average Bonchev–Trinajstić information content (AvgIpc) is 3.49. The maximum Gasteiger partial charge on any atom is 0.243 e. The number of fused-ring (bicyclic) bond motifs is 1. The Morgan fingerprint density at radius 1 is 0.737 bits per heavy atom. The fourth-order valence-electron chi connectivity index (χ4n) is 5.22. The molecule has 1 amide bonds. The van der Waals surface area contributed by atoms with Crippen molar-refractivity contribution >= 4 is 36.7 Å². The molecular weight excluding hydrogens is 522 g/mol. The smallest absolute Gasteiger partial charge is 0.243 e. The molecule has 0 atom stereocenters.